The molecule has 0 aliphatic heterocycles. The van der Waals surface area contributed by atoms with Gasteiger partial charge >= 0.3 is 6.36 Å². The van der Waals surface area contributed by atoms with Gasteiger partial charge < -0.3 is 10.1 Å². The maximum absolute atomic E-state index is 11.9. The number of nitrogens with zero attached hydrogens (tertiary/aromatic N) is 1. The second-order valence-electron chi connectivity index (χ2n) is 2.91. The van der Waals surface area contributed by atoms with Crippen LogP contribution >= 0.6 is 0 Å². The van der Waals surface area contributed by atoms with Crippen molar-refractivity contribution in [3.8, 4) is 5.75 Å². The summed E-state index contributed by atoms with van der Waals surface area (Å²) >= 11 is 0. The highest BCUT2D eigenvalue weighted by Gasteiger charge is 2.30. The zero-order valence-electron chi connectivity index (χ0n) is 8.88. The molecule has 0 fully saturated rings. The Kier molecular flexibility index (Phi) is 4.16. The Labute approximate surface area is 95.4 Å². The van der Waals surface area contributed by atoms with Gasteiger partial charge in [-0.05, 0) is 24.3 Å². The highest BCUT2D eigenvalue weighted by Crippen LogP contribution is 2.23. The summed E-state index contributed by atoms with van der Waals surface area (Å²) in [5.74, 6) is 5.12. The van der Waals surface area contributed by atoms with E-state index in [1.54, 1.807) is 0 Å². The van der Waals surface area contributed by atoms with Crippen LogP contribution in [0.25, 0.3) is 0 Å². The van der Waals surface area contributed by atoms with E-state index < -0.39 is 6.36 Å². The van der Waals surface area contributed by atoms with Gasteiger partial charge in [0.1, 0.15) is 5.75 Å². The molecule has 0 aliphatic rings. The lowest BCUT2D eigenvalue weighted by Gasteiger charge is -2.11. The third-order valence-electron chi connectivity index (χ3n) is 1.71. The fourth-order valence-corrected chi connectivity index (χ4v) is 1.03. The van der Waals surface area contributed by atoms with E-state index in [1.165, 1.54) is 31.3 Å². The number of hydrogen-bond donors (Lipinski definition) is 3. The topological polar surface area (TPSA) is 71.7 Å². The number of ether oxygens (including phenoxy) is 1. The van der Waals surface area contributed by atoms with Crippen LogP contribution in [0.1, 0.15) is 0 Å². The first-order chi connectivity index (χ1) is 7.94. The molecule has 0 saturated heterocycles. The molecule has 8 heteroatoms. The summed E-state index contributed by atoms with van der Waals surface area (Å²) in [6.45, 7) is 0. The van der Waals surface area contributed by atoms with Crippen molar-refractivity contribution < 1.29 is 17.9 Å². The number of alkyl halides is 3. The number of guanidine groups is 1. The van der Waals surface area contributed by atoms with E-state index in [-0.39, 0.29) is 11.7 Å². The molecule has 0 heterocycles. The van der Waals surface area contributed by atoms with Crippen molar-refractivity contribution in [1.82, 2.24) is 5.43 Å². The maximum Gasteiger partial charge on any atom is 0.573 e. The molecule has 0 aromatic heterocycles. The molecule has 94 valence electrons. The minimum absolute atomic E-state index is 0.287. The molecule has 0 saturated carbocycles. The molecule has 17 heavy (non-hydrogen) atoms. The molecular weight excluding hydrogens is 237 g/mol. The van der Waals surface area contributed by atoms with Crippen molar-refractivity contribution in [2.45, 2.75) is 6.36 Å². The van der Waals surface area contributed by atoms with E-state index in [2.05, 4.69) is 20.5 Å². The zero-order chi connectivity index (χ0) is 12.9. The van der Waals surface area contributed by atoms with Gasteiger partial charge in [-0.15, -0.1) is 13.2 Å². The molecule has 1 rings (SSSR count). The summed E-state index contributed by atoms with van der Waals surface area (Å²) in [7, 11) is 1.50. The average Bonchev–Trinajstić information content (AvgIpc) is 2.26. The van der Waals surface area contributed by atoms with Gasteiger partial charge in [-0.1, -0.05) is 0 Å². The summed E-state index contributed by atoms with van der Waals surface area (Å²) in [6, 6.07) is 5.17. The number of halogens is 3. The number of hydrazine groups is 1. The van der Waals surface area contributed by atoms with Crippen molar-refractivity contribution in [1.29, 1.82) is 0 Å². The number of benzene rings is 1. The molecule has 0 amide bonds. The number of anilines is 1. The first kappa shape index (κ1) is 13.1. The monoisotopic (exact) mass is 248 g/mol. The normalized spacial score (nSPS) is 12.2. The Morgan fingerprint density at radius 1 is 1.29 bits per heavy atom. The Morgan fingerprint density at radius 3 is 2.29 bits per heavy atom. The molecule has 1 aromatic rings. The maximum atomic E-state index is 11.9. The summed E-state index contributed by atoms with van der Waals surface area (Å²) < 4.78 is 39.3. The van der Waals surface area contributed by atoms with Gasteiger partial charge in [0.05, 0.1) is 0 Å². The van der Waals surface area contributed by atoms with Crippen LogP contribution in [0.3, 0.4) is 0 Å². The first-order valence-corrected chi connectivity index (χ1v) is 4.51. The number of aliphatic imine (C=N–C) groups is 1. The van der Waals surface area contributed by atoms with Gasteiger partial charge in [-0.3, -0.25) is 10.4 Å². The minimum atomic E-state index is -4.69. The van der Waals surface area contributed by atoms with Crippen LogP contribution < -0.4 is 21.3 Å². The van der Waals surface area contributed by atoms with Crippen molar-refractivity contribution in [2.75, 3.05) is 12.4 Å². The number of nitrogens with two attached hydrogens (primary N) is 1. The summed E-state index contributed by atoms with van der Waals surface area (Å²) in [6.07, 6.45) is -4.69. The van der Waals surface area contributed by atoms with Crippen molar-refractivity contribution >= 4 is 11.6 Å². The largest absolute Gasteiger partial charge is 0.573 e. The van der Waals surface area contributed by atoms with E-state index >= 15 is 0 Å². The van der Waals surface area contributed by atoms with Gasteiger partial charge in [0.15, 0.2) is 0 Å². The molecule has 5 nitrogen and oxygen atoms in total. The van der Waals surface area contributed by atoms with E-state index in [4.69, 9.17) is 5.84 Å². The highest BCUT2D eigenvalue weighted by atomic mass is 19.4. The predicted octanol–water partition coefficient (Wildman–Crippen LogP) is 1.45. The number of rotatable bonds is 2. The first-order valence-electron chi connectivity index (χ1n) is 4.51. The van der Waals surface area contributed by atoms with Gasteiger partial charge in [-0.25, -0.2) is 5.84 Å². The molecule has 4 N–H and O–H groups in total. The summed E-state index contributed by atoms with van der Waals surface area (Å²) in [4.78, 5) is 3.74. The fraction of sp³-hybridized carbons (Fsp3) is 0.222. The summed E-state index contributed by atoms with van der Waals surface area (Å²) in [5.41, 5.74) is 2.81. The lowest BCUT2D eigenvalue weighted by Crippen LogP contribution is -2.36. The third kappa shape index (κ3) is 4.60. The Bertz CT molecular complexity index is 388. The Morgan fingerprint density at radius 2 is 1.88 bits per heavy atom. The lowest BCUT2D eigenvalue weighted by atomic mass is 10.3. The average molecular weight is 248 g/mol. The molecule has 0 unspecified atom stereocenters. The van der Waals surface area contributed by atoms with Crippen LogP contribution in [0.15, 0.2) is 29.3 Å². The van der Waals surface area contributed by atoms with Crippen LogP contribution in [0.2, 0.25) is 0 Å². The number of nitrogens with one attached hydrogen (secondary N) is 2. The SMILES string of the molecule is CN=C(NN)Nc1ccc(OC(F)(F)F)cc1. The zero-order valence-corrected chi connectivity index (χ0v) is 8.88. The minimum Gasteiger partial charge on any atom is -0.406 e. The van der Waals surface area contributed by atoms with Crippen LogP contribution in [0, 0.1) is 0 Å². The fourth-order valence-electron chi connectivity index (χ4n) is 1.03. The van der Waals surface area contributed by atoms with Crippen molar-refractivity contribution in [3.05, 3.63) is 24.3 Å². The van der Waals surface area contributed by atoms with E-state index in [1.807, 2.05) is 0 Å². The molecule has 0 spiro atoms. The van der Waals surface area contributed by atoms with Gasteiger partial charge in [0.2, 0.25) is 5.96 Å². The molecule has 0 atom stereocenters. The van der Waals surface area contributed by atoms with Crippen LogP contribution in [-0.2, 0) is 0 Å². The van der Waals surface area contributed by atoms with Crippen LogP contribution in [0.4, 0.5) is 18.9 Å². The quantitative estimate of drug-likeness (QED) is 0.320. The van der Waals surface area contributed by atoms with E-state index in [9.17, 15) is 13.2 Å². The molecule has 0 radical (unpaired) electrons. The van der Waals surface area contributed by atoms with Gasteiger partial charge in [0.25, 0.3) is 0 Å². The van der Waals surface area contributed by atoms with Crippen LogP contribution in [0.5, 0.6) is 5.75 Å². The standard InChI is InChI=1S/C9H11F3N4O/c1-14-8(16-13)15-6-2-4-7(5-3-6)17-9(10,11)12/h2-5H,13H2,1H3,(H2,14,15,16). The van der Waals surface area contributed by atoms with Gasteiger partial charge in [-0.2, -0.15) is 0 Å². The predicted molar refractivity (Wildman–Crippen MR) is 57.4 cm³/mol. The van der Waals surface area contributed by atoms with E-state index in [0.29, 0.717) is 5.69 Å². The molecule has 0 aliphatic carbocycles. The third-order valence-corrected chi connectivity index (χ3v) is 1.71. The lowest BCUT2D eigenvalue weighted by molar-refractivity contribution is -0.274. The Balaban J connectivity index is 2.68. The highest BCUT2D eigenvalue weighted by molar-refractivity contribution is 5.93. The van der Waals surface area contributed by atoms with Crippen molar-refractivity contribution in [3.63, 3.8) is 0 Å². The molecule has 0 bridgehead atoms. The van der Waals surface area contributed by atoms with Crippen LogP contribution in [-0.4, -0.2) is 19.4 Å². The molecular formula is C9H11F3N4O. The van der Waals surface area contributed by atoms with Crippen molar-refractivity contribution in [2.24, 2.45) is 10.8 Å². The summed E-state index contributed by atoms with van der Waals surface area (Å²) in [5, 5.41) is 2.75. The second kappa shape index (κ2) is 5.39. The molecule has 1 aromatic carbocycles. The Hall–Kier alpha value is -1.96. The second-order valence-corrected chi connectivity index (χ2v) is 2.91. The smallest absolute Gasteiger partial charge is 0.406 e. The van der Waals surface area contributed by atoms with E-state index in [0.717, 1.165) is 0 Å². The number of hydrogen-bond acceptors (Lipinski definition) is 3. The van der Waals surface area contributed by atoms with Gasteiger partial charge in [0, 0.05) is 12.7 Å².